The van der Waals surface area contributed by atoms with Gasteiger partial charge in [0, 0.05) is 42.3 Å². The SMILES string of the molecule is CN(C)P(=N[P+](N(C)C)(N(C)C)N(C)C)(N(C)C)N(C)C.FB(F)F.[F-]. The van der Waals surface area contributed by atoms with Gasteiger partial charge in [-0.3, -0.25) is 12.9 Å². The standard InChI is InChI=1S/C12H36N7P2.BF3.FH/c1-14(2)20(15(3)4,16(5)6)13-21(17(7)8,18(9)10)19(11)12;2-1(3)4;/h1-12H3;;1H/q+1;;/p-1. The topological polar surface area (TPSA) is 31.8 Å². The van der Waals surface area contributed by atoms with Gasteiger partial charge in [-0.05, 0) is 46.8 Å². The van der Waals surface area contributed by atoms with Crippen molar-refractivity contribution in [1.29, 1.82) is 0 Å². The molecule has 0 aliphatic heterocycles. The number of nitrogens with zero attached hydrogens (tertiary/aromatic N) is 7. The maximum absolute atomic E-state index is 9.67. The van der Waals surface area contributed by atoms with Gasteiger partial charge in [-0.15, -0.1) is 14.0 Å². The highest BCUT2D eigenvalue weighted by molar-refractivity contribution is 7.75. The Kier molecular flexibility index (Phi) is 15.0. The molecule has 0 unspecified atom stereocenters. The van der Waals surface area contributed by atoms with E-state index in [1.54, 1.807) is 0 Å². The zero-order valence-corrected chi connectivity index (χ0v) is 19.9. The Morgan fingerprint density at radius 3 is 0.923 bits per heavy atom. The van der Waals surface area contributed by atoms with Crippen LogP contribution in [0.1, 0.15) is 0 Å². The van der Waals surface area contributed by atoms with E-state index in [4.69, 9.17) is 4.52 Å². The van der Waals surface area contributed by atoms with Crippen molar-refractivity contribution >= 4 is 22.9 Å². The average molecular weight is 427 g/mol. The summed E-state index contributed by atoms with van der Waals surface area (Å²) in [5.74, 6) is 0. The number of hydrogen-bond acceptors (Lipinski definition) is 4. The summed E-state index contributed by atoms with van der Waals surface area (Å²) in [6.07, 6.45) is 0. The molecule has 0 spiro atoms. The second kappa shape index (κ2) is 12.6. The number of halogens is 4. The summed E-state index contributed by atoms with van der Waals surface area (Å²) in [6.45, 7) is 0. The molecule has 160 valence electrons. The first-order valence-electron chi connectivity index (χ1n) is 7.62. The summed E-state index contributed by atoms with van der Waals surface area (Å²) in [6, 6.07) is 0. The summed E-state index contributed by atoms with van der Waals surface area (Å²) < 4.78 is 48.1. The number of hydrogen-bond donors (Lipinski definition) is 0. The van der Waals surface area contributed by atoms with Crippen LogP contribution in [0.3, 0.4) is 0 Å². The molecular formula is C12H36BF4N7P2. The molecule has 0 saturated heterocycles. The normalized spacial score (nSPS) is 12.7. The van der Waals surface area contributed by atoms with Crippen molar-refractivity contribution in [2.24, 2.45) is 4.52 Å². The minimum atomic E-state index is -3.67. The molecule has 0 fully saturated rings. The van der Waals surface area contributed by atoms with Crippen LogP contribution in [-0.4, -0.2) is 120 Å². The lowest BCUT2D eigenvalue weighted by Gasteiger charge is -2.43. The van der Waals surface area contributed by atoms with Gasteiger partial charge in [0.1, 0.15) is 0 Å². The fourth-order valence-corrected chi connectivity index (χ4v) is 12.2. The van der Waals surface area contributed by atoms with Gasteiger partial charge in [0.05, 0.1) is 0 Å². The van der Waals surface area contributed by atoms with E-state index in [2.05, 4.69) is 113 Å². The van der Waals surface area contributed by atoms with E-state index in [1.165, 1.54) is 0 Å². The van der Waals surface area contributed by atoms with Crippen LogP contribution in [0.5, 0.6) is 0 Å². The van der Waals surface area contributed by atoms with E-state index in [0.717, 1.165) is 0 Å². The van der Waals surface area contributed by atoms with Crippen LogP contribution in [0, 0.1) is 0 Å². The van der Waals surface area contributed by atoms with Crippen molar-refractivity contribution in [3.63, 3.8) is 0 Å². The molecular weight excluding hydrogens is 391 g/mol. The molecule has 0 aromatic rings. The molecule has 0 N–H and O–H groups in total. The summed E-state index contributed by atoms with van der Waals surface area (Å²) in [5, 5.41) is 0. The maximum Gasteiger partial charge on any atom is 0.762 e. The summed E-state index contributed by atoms with van der Waals surface area (Å²) in [5.41, 5.74) is 0. The molecule has 0 aliphatic rings. The Morgan fingerprint density at radius 2 is 0.808 bits per heavy atom. The Morgan fingerprint density at radius 1 is 0.615 bits per heavy atom. The predicted molar refractivity (Wildman–Crippen MR) is 107 cm³/mol. The van der Waals surface area contributed by atoms with Crippen LogP contribution in [0.4, 0.5) is 12.9 Å². The molecule has 26 heavy (non-hydrogen) atoms. The van der Waals surface area contributed by atoms with Crippen molar-refractivity contribution in [1.82, 2.24) is 28.0 Å². The second-order valence-corrected chi connectivity index (χ2v) is 14.2. The Balaban J connectivity index is -0.000000951. The van der Waals surface area contributed by atoms with Gasteiger partial charge in [-0.25, -0.2) is 14.0 Å². The molecule has 0 amide bonds. The lowest BCUT2D eigenvalue weighted by molar-refractivity contribution is -0.00000877. The van der Waals surface area contributed by atoms with Gasteiger partial charge in [0.2, 0.25) is 7.51 Å². The van der Waals surface area contributed by atoms with Gasteiger partial charge in [-0.1, -0.05) is 0 Å². The highest BCUT2D eigenvalue weighted by Gasteiger charge is 2.52. The lowest BCUT2D eigenvalue weighted by Crippen LogP contribution is -3.00. The van der Waals surface area contributed by atoms with Gasteiger partial charge in [-0.2, -0.15) is 0 Å². The van der Waals surface area contributed by atoms with E-state index in [1.807, 2.05) is 0 Å². The van der Waals surface area contributed by atoms with Gasteiger partial charge in [0.15, 0.2) is 0 Å². The summed E-state index contributed by atoms with van der Waals surface area (Å²) in [7, 11) is 17.9. The molecule has 14 heteroatoms. The second-order valence-electron chi connectivity index (χ2n) is 6.49. The van der Waals surface area contributed by atoms with Gasteiger partial charge < -0.3 is 4.70 Å². The van der Waals surface area contributed by atoms with Crippen molar-refractivity contribution in [2.45, 2.75) is 0 Å². The zero-order valence-electron chi connectivity index (χ0n) is 18.1. The van der Waals surface area contributed by atoms with E-state index in [-0.39, 0.29) is 4.70 Å². The quantitative estimate of drug-likeness (QED) is 0.320. The highest BCUT2D eigenvalue weighted by atomic mass is 31.2. The van der Waals surface area contributed by atoms with Crippen LogP contribution in [0.2, 0.25) is 0 Å². The van der Waals surface area contributed by atoms with Crippen molar-refractivity contribution in [3.8, 4) is 0 Å². The molecule has 0 aromatic heterocycles. The van der Waals surface area contributed by atoms with Crippen molar-refractivity contribution in [3.05, 3.63) is 0 Å². The largest absolute Gasteiger partial charge is 1.00 e. The monoisotopic (exact) mass is 427 g/mol. The van der Waals surface area contributed by atoms with Crippen LogP contribution in [-0.2, 0) is 0 Å². The minimum Gasteiger partial charge on any atom is -1.00 e. The smallest absolute Gasteiger partial charge is 0.762 e. The van der Waals surface area contributed by atoms with Crippen LogP contribution in [0.15, 0.2) is 4.52 Å². The fraction of sp³-hybridized carbons (Fsp3) is 1.00. The summed E-state index contributed by atoms with van der Waals surface area (Å²) >= 11 is 0. The Labute approximate surface area is 158 Å². The minimum absolute atomic E-state index is 0. The Hall–Kier alpha value is 0.205. The average Bonchev–Trinajstić information content (AvgIpc) is 2.36. The molecule has 0 atom stereocenters. The van der Waals surface area contributed by atoms with E-state index >= 15 is 0 Å². The zero-order chi connectivity index (χ0) is 20.7. The third kappa shape index (κ3) is 7.32. The van der Waals surface area contributed by atoms with Crippen molar-refractivity contribution in [2.75, 3.05) is 84.6 Å². The number of rotatable bonds is 7. The molecule has 0 heterocycles. The fourth-order valence-electron chi connectivity index (χ4n) is 2.79. The highest BCUT2D eigenvalue weighted by Crippen LogP contribution is 2.73. The predicted octanol–water partition coefficient (Wildman–Crippen LogP) is -0.136. The molecule has 0 aromatic carbocycles. The van der Waals surface area contributed by atoms with E-state index < -0.39 is 22.9 Å². The lowest BCUT2D eigenvalue weighted by atomic mass is 10.5. The first-order chi connectivity index (χ1) is 11.1. The molecule has 0 saturated carbocycles. The van der Waals surface area contributed by atoms with Crippen molar-refractivity contribution < 1.29 is 17.7 Å². The van der Waals surface area contributed by atoms with E-state index in [0.29, 0.717) is 0 Å². The van der Waals surface area contributed by atoms with Gasteiger partial charge >= 0.3 is 15.4 Å². The van der Waals surface area contributed by atoms with E-state index in [9.17, 15) is 12.9 Å². The molecule has 7 nitrogen and oxygen atoms in total. The van der Waals surface area contributed by atoms with Crippen LogP contribution in [0.25, 0.3) is 0 Å². The van der Waals surface area contributed by atoms with Crippen LogP contribution >= 0.6 is 15.4 Å². The van der Waals surface area contributed by atoms with Gasteiger partial charge in [0.25, 0.3) is 0 Å². The Bertz CT molecular complexity index is 385. The third-order valence-corrected chi connectivity index (χ3v) is 11.8. The molecule has 0 bridgehead atoms. The third-order valence-electron chi connectivity index (χ3n) is 3.46. The molecule has 0 aliphatic carbocycles. The molecule has 0 rings (SSSR count). The molecule has 0 radical (unpaired) electrons. The first kappa shape index (κ1) is 30.9. The maximum atomic E-state index is 9.67. The van der Waals surface area contributed by atoms with Crippen LogP contribution < -0.4 is 4.70 Å². The first-order valence-corrected chi connectivity index (χ1v) is 10.8. The summed E-state index contributed by atoms with van der Waals surface area (Å²) in [4.78, 5) is 0.